The summed E-state index contributed by atoms with van der Waals surface area (Å²) in [5, 5.41) is 2.46. The molecule has 0 fully saturated rings. The molecular weight excluding hydrogens is 713 g/mol. The normalized spacial score (nSPS) is 12.7. The van der Waals surface area contributed by atoms with Crippen molar-refractivity contribution in [2.75, 3.05) is 4.90 Å². The molecule has 1 aromatic heterocycles. The third-order valence-electron chi connectivity index (χ3n) is 12.4. The van der Waals surface area contributed by atoms with Crippen LogP contribution >= 0.6 is 0 Å². The Hall–Kier alpha value is -7.42. The molecule has 0 radical (unpaired) electrons. The van der Waals surface area contributed by atoms with Gasteiger partial charge in [0.25, 0.3) is 0 Å². The van der Waals surface area contributed by atoms with E-state index in [1.807, 2.05) is 0 Å². The first-order valence-electron chi connectivity index (χ1n) is 20.5. The van der Waals surface area contributed by atoms with Gasteiger partial charge in [-0.15, -0.1) is 0 Å². The summed E-state index contributed by atoms with van der Waals surface area (Å²) < 4.78 is 2.38. The van der Waals surface area contributed by atoms with Crippen molar-refractivity contribution in [2.24, 2.45) is 0 Å². The van der Waals surface area contributed by atoms with E-state index in [-0.39, 0.29) is 5.41 Å². The van der Waals surface area contributed by atoms with Crippen molar-refractivity contribution in [2.45, 2.75) is 19.3 Å². The molecule has 2 heteroatoms. The van der Waals surface area contributed by atoms with Gasteiger partial charge in [-0.1, -0.05) is 153 Å². The summed E-state index contributed by atoms with van der Waals surface area (Å²) in [6.45, 7) is 4.72. The van der Waals surface area contributed by atoms with Gasteiger partial charge in [-0.3, -0.25) is 0 Å². The highest BCUT2D eigenvalue weighted by Crippen LogP contribution is 2.51. The Labute approximate surface area is 345 Å². The molecule has 280 valence electrons. The van der Waals surface area contributed by atoms with Crippen LogP contribution in [0, 0.1) is 0 Å². The molecule has 0 atom stereocenters. The van der Waals surface area contributed by atoms with E-state index in [0.717, 1.165) is 22.7 Å². The second-order valence-electron chi connectivity index (χ2n) is 16.2. The van der Waals surface area contributed by atoms with Crippen LogP contribution in [0.1, 0.15) is 25.0 Å². The molecule has 0 spiro atoms. The first-order chi connectivity index (χ1) is 29.0. The third kappa shape index (κ3) is 5.87. The van der Waals surface area contributed by atoms with Crippen LogP contribution in [0.4, 0.5) is 17.1 Å². The Balaban J connectivity index is 1.08. The van der Waals surface area contributed by atoms with Crippen molar-refractivity contribution in [3.8, 4) is 50.2 Å². The Morgan fingerprint density at radius 1 is 0.339 bits per heavy atom. The Morgan fingerprint density at radius 3 is 1.51 bits per heavy atom. The SMILES string of the molecule is CC1(C)c2ccccc2-c2ccc(N(c3ccc(-c4cc(-c5ccccc5)cc(-c5ccccc5)c4)cc3)c3ccc4c(c3)c3ccccc3n4-c3ccccc3)cc21. The summed E-state index contributed by atoms with van der Waals surface area (Å²) in [7, 11) is 0. The minimum Gasteiger partial charge on any atom is -0.310 e. The highest BCUT2D eigenvalue weighted by molar-refractivity contribution is 6.10. The third-order valence-corrected chi connectivity index (χ3v) is 12.4. The van der Waals surface area contributed by atoms with Crippen LogP contribution in [-0.2, 0) is 5.41 Å². The van der Waals surface area contributed by atoms with E-state index in [0.29, 0.717) is 0 Å². The van der Waals surface area contributed by atoms with Gasteiger partial charge in [-0.25, -0.2) is 0 Å². The number of benzene rings is 9. The summed E-state index contributed by atoms with van der Waals surface area (Å²) in [6.07, 6.45) is 0. The summed E-state index contributed by atoms with van der Waals surface area (Å²) in [5.41, 5.74) is 19.4. The molecule has 10 aromatic rings. The largest absolute Gasteiger partial charge is 0.310 e. The predicted octanol–water partition coefficient (Wildman–Crippen LogP) is 15.6. The zero-order chi connectivity index (χ0) is 39.5. The van der Waals surface area contributed by atoms with Crippen LogP contribution in [-0.4, -0.2) is 4.57 Å². The molecule has 1 aliphatic carbocycles. The zero-order valence-electron chi connectivity index (χ0n) is 33.2. The van der Waals surface area contributed by atoms with E-state index in [1.165, 1.54) is 77.4 Å². The van der Waals surface area contributed by atoms with Gasteiger partial charge >= 0.3 is 0 Å². The van der Waals surface area contributed by atoms with Gasteiger partial charge in [-0.2, -0.15) is 0 Å². The molecule has 11 rings (SSSR count). The lowest BCUT2D eigenvalue weighted by Crippen LogP contribution is -2.16. The number of aromatic nitrogens is 1. The van der Waals surface area contributed by atoms with Gasteiger partial charge in [0, 0.05) is 38.9 Å². The Bertz CT molecular complexity index is 3100. The van der Waals surface area contributed by atoms with Crippen molar-refractivity contribution < 1.29 is 0 Å². The highest BCUT2D eigenvalue weighted by atomic mass is 15.1. The van der Waals surface area contributed by atoms with Gasteiger partial charge in [0.15, 0.2) is 0 Å². The van der Waals surface area contributed by atoms with Gasteiger partial charge in [0.2, 0.25) is 0 Å². The molecule has 59 heavy (non-hydrogen) atoms. The fourth-order valence-electron chi connectivity index (χ4n) is 9.43. The second kappa shape index (κ2) is 13.9. The quantitative estimate of drug-likeness (QED) is 0.157. The first-order valence-corrected chi connectivity index (χ1v) is 20.5. The maximum absolute atomic E-state index is 2.44. The molecule has 1 aliphatic rings. The van der Waals surface area contributed by atoms with Crippen LogP contribution in [0.25, 0.3) is 72.0 Å². The van der Waals surface area contributed by atoms with Crippen LogP contribution in [0.3, 0.4) is 0 Å². The first kappa shape index (κ1) is 34.8. The molecule has 1 heterocycles. The van der Waals surface area contributed by atoms with Crippen LogP contribution in [0.2, 0.25) is 0 Å². The minimum absolute atomic E-state index is 0.120. The lowest BCUT2D eigenvalue weighted by atomic mass is 9.82. The maximum Gasteiger partial charge on any atom is 0.0542 e. The van der Waals surface area contributed by atoms with Gasteiger partial charge in [0.05, 0.1) is 11.0 Å². The van der Waals surface area contributed by atoms with Crippen molar-refractivity contribution >= 4 is 38.9 Å². The number of hydrogen-bond donors (Lipinski definition) is 0. The smallest absolute Gasteiger partial charge is 0.0542 e. The Morgan fingerprint density at radius 2 is 0.831 bits per heavy atom. The molecule has 0 saturated carbocycles. The Kier molecular flexibility index (Phi) is 8.20. The molecule has 0 N–H and O–H groups in total. The minimum atomic E-state index is -0.120. The lowest BCUT2D eigenvalue weighted by Gasteiger charge is -2.28. The standard InChI is InChI=1S/C57H42N2/c1-57(2)53-24-14-12-22-49(53)50-32-30-48(38-54(50)57)58(47-31-33-56-52(37-47)51-23-13-15-25-55(51)59(56)45-20-10-5-11-21-45)46-28-26-41(27-29-46)44-35-42(39-16-6-3-7-17-39)34-43(36-44)40-18-8-4-9-19-40/h3-38H,1-2H3. The number of fused-ring (bicyclic) bond motifs is 6. The molecular formula is C57H42N2. The monoisotopic (exact) mass is 754 g/mol. The van der Waals surface area contributed by atoms with Crippen molar-refractivity contribution in [3.05, 3.63) is 230 Å². The molecule has 0 amide bonds. The van der Waals surface area contributed by atoms with E-state index >= 15 is 0 Å². The number of rotatable bonds is 7. The highest BCUT2D eigenvalue weighted by Gasteiger charge is 2.35. The van der Waals surface area contributed by atoms with E-state index in [9.17, 15) is 0 Å². The maximum atomic E-state index is 2.44. The van der Waals surface area contributed by atoms with Gasteiger partial charge in [0.1, 0.15) is 0 Å². The van der Waals surface area contributed by atoms with Crippen LogP contribution in [0.5, 0.6) is 0 Å². The van der Waals surface area contributed by atoms with Gasteiger partial charge in [-0.05, 0) is 134 Å². The molecule has 9 aromatic carbocycles. The average molecular weight is 755 g/mol. The molecule has 0 saturated heterocycles. The van der Waals surface area contributed by atoms with Crippen molar-refractivity contribution in [3.63, 3.8) is 0 Å². The zero-order valence-corrected chi connectivity index (χ0v) is 33.2. The molecule has 0 aliphatic heterocycles. The van der Waals surface area contributed by atoms with E-state index in [4.69, 9.17) is 0 Å². The summed E-state index contributed by atoms with van der Waals surface area (Å²) in [4.78, 5) is 2.44. The van der Waals surface area contributed by atoms with Gasteiger partial charge < -0.3 is 9.47 Å². The van der Waals surface area contributed by atoms with Crippen LogP contribution in [0.15, 0.2) is 218 Å². The summed E-state index contributed by atoms with van der Waals surface area (Å²) >= 11 is 0. The number of anilines is 3. The summed E-state index contributed by atoms with van der Waals surface area (Å²) in [5.74, 6) is 0. The number of hydrogen-bond acceptors (Lipinski definition) is 1. The van der Waals surface area contributed by atoms with Crippen LogP contribution < -0.4 is 4.90 Å². The molecule has 0 bridgehead atoms. The molecule has 2 nitrogen and oxygen atoms in total. The second-order valence-corrected chi connectivity index (χ2v) is 16.2. The predicted molar refractivity (Wildman–Crippen MR) is 249 cm³/mol. The fraction of sp³-hybridized carbons (Fsp3) is 0.0526. The fourth-order valence-corrected chi connectivity index (χ4v) is 9.43. The number of nitrogens with zero attached hydrogens (tertiary/aromatic N) is 2. The van der Waals surface area contributed by atoms with Crippen molar-refractivity contribution in [1.29, 1.82) is 0 Å². The van der Waals surface area contributed by atoms with E-state index in [2.05, 4.69) is 242 Å². The number of para-hydroxylation sites is 2. The van der Waals surface area contributed by atoms with Crippen molar-refractivity contribution in [1.82, 2.24) is 4.57 Å². The lowest BCUT2D eigenvalue weighted by molar-refractivity contribution is 0.660. The average Bonchev–Trinajstić information content (AvgIpc) is 3.75. The van der Waals surface area contributed by atoms with E-state index < -0.39 is 0 Å². The van der Waals surface area contributed by atoms with E-state index in [1.54, 1.807) is 0 Å². The topological polar surface area (TPSA) is 8.17 Å². The molecule has 0 unspecified atom stereocenters. The summed E-state index contributed by atoms with van der Waals surface area (Å²) in [6, 6.07) is 79.9.